The Balaban J connectivity index is 1.79. The molecule has 1 heterocycles. The standard InChI is InChI=1S/C18H15ClN2O2/c1-12-2-4-13(5-3-12)10-16-17(22)21(18(23)20-16)11-14-6-8-15(19)9-7-14/h2-10H,11H2,1H3,(H,20,23)/b16-10+. The number of nitrogens with one attached hydrogen (secondary N) is 1. The predicted octanol–water partition coefficient (Wildman–Crippen LogP) is 3.74. The third-order valence-corrected chi connectivity index (χ3v) is 3.86. The van der Waals surface area contributed by atoms with Crippen molar-refractivity contribution in [2.75, 3.05) is 0 Å². The van der Waals surface area contributed by atoms with E-state index >= 15 is 0 Å². The van der Waals surface area contributed by atoms with Gasteiger partial charge in [0.2, 0.25) is 0 Å². The van der Waals surface area contributed by atoms with Gasteiger partial charge in [0.25, 0.3) is 5.91 Å². The van der Waals surface area contributed by atoms with Gasteiger partial charge in [-0.25, -0.2) is 4.79 Å². The van der Waals surface area contributed by atoms with Gasteiger partial charge in [-0.05, 0) is 36.3 Å². The molecule has 1 aliphatic rings. The number of imide groups is 1. The molecular formula is C18H15ClN2O2. The zero-order chi connectivity index (χ0) is 16.4. The number of urea groups is 1. The monoisotopic (exact) mass is 326 g/mol. The highest BCUT2D eigenvalue weighted by atomic mass is 35.5. The van der Waals surface area contributed by atoms with Crippen LogP contribution in [0.15, 0.2) is 54.2 Å². The molecule has 1 N–H and O–H groups in total. The van der Waals surface area contributed by atoms with Gasteiger partial charge in [-0.15, -0.1) is 0 Å². The smallest absolute Gasteiger partial charge is 0.303 e. The first kappa shape index (κ1) is 15.3. The van der Waals surface area contributed by atoms with E-state index in [1.807, 2.05) is 31.2 Å². The normalized spacial score (nSPS) is 16.1. The molecule has 3 amide bonds. The first-order valence-corrected chi connectivity index (χ1v) is 7.56. The fraction of sp³-hybridized carbons (Fsp3) is 0.111. The summed E-state index contributed by atoms with van der Waals surface area (Å²) in [5, 5.41) is 3.24. The molecule has 3 rings (SSSR count). The third-order valence-electron chi connectivity index (χ3n) is 3.60. The van der Waals surface area contributed by atoms with Gasteiger partial charge >= 0.3 is 6.03 Å². The molecule has 0 unspecified atom stereocenters. The molecule has 4 nitrogen and oxygen atoms in total. The van der Waals surface area contributed by atoms with Crippen LogP contribution in [-0.4, -0.2) is 16.8 Å². The summed E-state index contributed by atoms with van der Waals surface area (Å²) in [5.74, 6) is -0.328. The maximum absolute atomic E-state index is 12.4. The van der Waals surface area contributed by atoms with Crippen molar-refractivity contribution in [3.05, 3.63) is 75.9 Å². The van der Waals surface area contributed by atoms with Crippen LogP contribution >= 0.6 is 11.6 Å². The summed E-state index contributed by atoms with van der Waals surface area (Å²) in [6.07, 6.45) is 1.68. The zero-order valence-corrected chi connectivity index (χ0v) is 13.3. The van der Waals surface area contributed by atoms with Gasteiger partial charge in [-0.1, -0.05) is 53.6 Å². The van der Waals surface area contributed by atoms with Crippen LogP contribution in [0.25, 0.3) is 6.08 Å². The molecular weight excluding hydrogens is 312 g/mol. The number of halogens is 1. The summed E-state index contributed by atoms with van der Waals surface area (Å²) in [6.45, 7) is 2.21. The number of aryl methyl sites for hydroxylation is 1. The van der Waals surface area contributed by atoms with Gasteiger partial charge in [0, 0.05) is 5.02 Å². The van der Waals surface area contributed by atoms with Crippen molar-refractivity contribution in [1.82, 2.24) is 10.2 Å². The molecule has 0 saturated carbocycles. The Labute approximate surface area is 139 Å². The van der Waals surface area contributed by atoms with Gasteiger partial charge in [0.05, 0.1) is 6.54 Å². The molecule has 23 heavy (non-hydrogen) atoms. The van der Waals surface area contributed by atoms with Gasteiger partial charge in [0.1, 0.15) is 5.70 Å². The highest BCUT2D eigenvalue weighted by Gasteiger charge is 2.33. The molecule has 116 valence electrons. The van der Waals surface area contributed by atoms with E-state index in [1.54, 1.807) is 30.3 Å². The second kappa shape index (κ2) is 6.26. The van der Waals surface area contributed by atoms with Crippen LogP contribution in [0, 0.1) is 6.92 Å². The SMILES string of the molecule is Cc1ccc(/C=C2/NC(=O)N(Cc3ccc(Cl)cc3)C2=O)cc1. The lowest BCUT2D eigenvalue weighted by atomic mass is 10.1. The van der Waals surface area contributed by atoms with E-state index in [9.17, 15) is 9.59 Å². The van der Waals surface area contributed by atoms with Crippen LogP contribution in [-0.2, 0) is 11.3 Å². The molecule has 2 aromatic carbocycles. The van der Waals surface area contributed by atoms with Gasteiger partial charge in [-0.2, -0.15) is 0 Å². The van der Waals surface area contributed by atoms with E-state index in [0.717, 1.165) is 16.7 Å². The number of carbonyl (C=O) groups excluding carboxylic acids is 2. The van der Waals surface area contributed by atoms with Crippen LogP contribution in [0.5, 0.6) is 0 Å². The highest BCUT2D eigenvalue weighted by molar-refractivity contribution is 6.30. The number of hydrogen-bond acceptors (Lipinski definition) is 2. The summed E-state index contributed by atoms with van der Waals surface area (Å²) in [6, 6.07) is 14.4. The average Bonchev–Trinajstić information content (AvgIpc) is 2.79. The molecule has 5 heteroatoms. The van der Waals surface area contributed by atoms with E-state index in [-0.39, 0.29) is 18.1 Å². The lowest BCUT2D eigenvalue weighted by molar-refractivity contribution is -0.123. The minimum absolute atomic E-state index is 0.215. The first-order chi connectivity index (χ1) is 11.0. The van der Waals surface area contributed by atoms with E-state index in [2.05, 4.69) is 5.32 Å². The van der Waals surface area contributed by atoms with Crippen LogP contribution in [0.3, 0.4) is 0 Å². The Morgan fingerprint density at radius 2 is 1.70 bits per heavy atom. The predicted molar refractivity (Wildman–Crippen MR) is 89.7 cm³/mol. The van der Waals surface area contributed by atoms with E-state index < -0.39 is 6.03 Å². The second-order valence-corrected chi connectivity index (χ2v) is 5.85. The summed E-state index contributed by atoms with van der Waals surface area (Å²) >= 11 is 5.84. The van der Waals surface area contributed by atoms with Crippen molar-refractivity contribution in [1.29, 1.82) is 0 Å². The van der Waals surface area contributed by atoms with Crippen molar-refractivity contribution in [2.24, 2.45) is 0 Å². The van der Waals surface area contributed by atoms with Crippen molar-refractivity contribution in [3.63, 3.8) is 0 Å². The van der Waals surface area contributed by atoms with E-state index in [4.69, 9.17) is 11.6 Å². The summed E-state index contributed by atoms with van der Waals surface area (Å²) < 4.78 is 0. The van der Waals surface area contributed by atoms with Gasteiger partial charge in [0.15, 0.2) is 0 Å². The minimum Gasteiger partial charge on any atom is -0.303 e. The third kappa shape index (κ3) is 3.43. The molecule has 1 fully saturated rings. The van der Waals surface area contributed by atoms with Crippen LogP contribution in [0.4, 0.5) is 4.79 Å². The van der Waals surface area contributed by atoms with Crippen LogP contribution in [0.1, 0.15) is 16.7 Å². The number of amides is 3. The summed E-state index contributed by atoms with van der Waals surface area (Å²) in [5.41, 5.74) is 3.13. The Kier molecular flexibility index (Phi) is 4.17. The van der Waals surface area contributed by atoms with Crippen molar-refractivity contribution < 1.29 is 9.59 Å². The molecule has 1 aliphatic heterocycles. The van der Waals surface area contributed by atoms with Crippen molar-refractivity contribution >= 4 is 29.6 Å². The lowest BCUT2D eigenvalue weighted by Crippen LogP contribution is -2.30. The lowest BCUT2D eigenvalue weighted by Gasteiger charge is -2.11. The summed E-state index contributed by atoms with van der Waals surface area (Å²) in [4.78, 5) is 25.6. The van der Waals surface area contributed by atoms with Gasteiger partial charge in [-0.3, -0.25) is 9.69 Å². The molecule has 2 aromatic rings. The molecule has 0 atom stereocenters. The van der Waals surface area contributed by atoms with E-state index in [0.29, 0.717) is 5.02 Å². The summed E-state index contributed by atoms with van der Waals surface area (Å²) in [7, 11) is 0. The van der Waals surface area contributed by atoms with Crippen molar-refractivity contribution in [2.45, 2.75) is 13.5 Å². The topological polar surface area (TPSA) is 49.4 Å². The minimum atomic E-state index is -0.414. The van der Waals surface area contributed by atoms with Gasteiger partial charge < -0.3 is 5.32 Å². The van der Waals surface area contributed by atoms with Crippen LogP contribution < -0.4 is 5.32 Å². The fourth-order valence-corrected chi connectivity index (χ4v) is 2.44. The molecule has 0 spiro atoms. The average molecular weight is 327 g/mol. The van der Waals surface area contributed by atoms with Crippen LogP contribution in [0.2, 0.25) is 5.02 Å². The maximum atomic E-state index is 12.4. The molecule has 0 radical (unpaired) electrons. The maximum Gasteiger partial charge on any atom is 0.329 e. The first-order valence-electron chi connectivity index (χ1n) is 7.18. The highest BCUT2D eigenvalue weighted by Crippen LogP contribution is 2.18. The Morgan fingerprint density at radius 3 is 2.35 bits per heavy atom. The number of carbonyl (C=O) groups is 2. The Bertz CT molecular complexity index is 780. The molecule has 0 bridgehead atoms. The number of nitrogens with zero attached hydrogens (tertiary/aromatic N) is 1. The Morgan fingerprint density at radius 1 is 1.04 bits per heavy atom. The van der Waals surface area contributed by atoms with Crippen molar-refractivity contribution in [3.8, 4) is 0 Å². The number of hydrogen-bond donors (Lipinski definition) is 1. The largest absolute Gasteiger partial charge is 0.329 e. The molecule has 1 saturated heterocycles. The number of rotatable bonds is 3. The molecule has 0 aliphatic carbocycles. The second-order valence-electron chi connectivity index (χ2n) is 5.42. The zero-order valence-electron chi connectivity index (χ0n) is 12.5. The fourth-order valence-electron chi connectivity index (χ4n) is 2.32. The quantitative estimate of drug-likeness (QED) is 0.690. The van der Waals surface area contributed by atoms with E-state index in [1.165, 1.54) is 4.90 Å². The Hall–Kier alpha value is -2.59. The number of benzene rings is 2. The molecule has 0 aromatic heterocycles.